The Bertz CT molecular complexity index is 419. The molecule has 0 saturated heterocycles. The molecule has 0 spiro atoms. The SMILES string of the molecule is Cc1nc(C(=O)OCCO[C@H]2CCCC[C@H]2C)cs1. The van der Waals surface area contributed by atoms with Crippen LogP contribution in [0.4, 0.5) is 0 Å². The summed E-state index contributed by atoms with van der Waals surface area (Å²) in [4.78, 5) is 15.7. The molecule has 1 heterocycles. The third-order valence-corrected chi connectivity index (χ3v) is 4.28. The zero-order chi connectivity index (χ0) is 13.7. The van der Waals surface area contributed by atoms with E-state index in [0.29, 0.717) is 30.9 Å². The van der Waals surface area contributed by atoms with Crippen LogP contribution in [0, 0.1) is 12.8 Å². The molecule has 0 aliphatic heterocycles. The van der Waals surface area contributed by atoms with E-state index in [1.807, 2.05) is 6.92 Å². The molecule has 1 aromatic rings. The van der Waals surface area contributed by atoms with Crippen molar-refractivity contribution in [1.29, 1.82) is 0 Å². The van der Waals surface area contributed by atoms with Gasteiger partial charge in [0.15, 0.2) is 5.69 Å². The van der Waals surface area contributed by atoms with Crippen molar-refractivity contribution >= 4 is 17.3 Å². The van der Waals surface area contributed by atoms with Crippen LogP contribution in [0.1, 0.15) is 48.1 Å². The number of carbonyl (C=O) groups excluding carboxylic acids is 1. The maximum atomic E-state index is 11.6. The van der Waals surface area contributed by atoms with Crippen LogP contribution in [0.5, 0.6) is 0 Å². The van der Waals surface area contributed by atoms with Gasteiger partial charge in [-0.25, -0.2) is 9.78 Å². The average Bonchev–Trinajstić information content (AvgIpc) is 2.83. The molecule has 5 heteroatoms. The first kappa shape index (κ1) is 14.5. The molecule has 0 radical (unpaired) electrons. The summed E-state index contributed by atoms with van der Waals surface area (Å²) in [6, 6.07) is 0. The van der Waals surface area contributed by atoms with Gasteiger partial charge in [-0.05, 0) is 25.7 Å². The summed E-state index contributed by atoms with van der Waals surface area (Å²) in [5.41, 5.74) is 0.397. The van der Waals surface area contributed by atoms with Gasteiger partial charge in [-0.1, -0.05) is 19.8 Å². The first-order chi connectivity index (χ1) is 9.16. The van der Waals surface area contributed by atoms with Gasteiger partial charge in [0.05, 0.1) is 17.7 Å². The van der Waals surface area contributed by atoms with Gasteiger partial charge in [-0.3, -0.25) is 0 Å². The van der Waals surface area contributed by atoms with E-state index in [-0.39, 0.29) is 5.97 Å². The van der Waals surface area contributed by atoms with Gasteiger partial charge in [0, 0.05) is 5.38 Å². The van der Waals surface area contributed by atoms with E-state index in [0.717, 1.165) is 11.4 Å². The number of carbonyl (C=O) groups is 1. The molecule has 0 bridgehead atoms. The zero-order valence-electron chi connectivity index (χ0n) is 11.6. The van der Waals surface area contributed by atoms with E-state index in [1.54, 1.807) is 5.38 Å². The van der Waals surface area contributed by atoms with Crippen molar-refractivity contribution in [1.82, 2.24) is 4.98 Å². The fourth-order valence-electron chi connectivity index (χ4n) is 2.39. The number of esters is 1. The Morgan fingerprint density at radius 2 is 2.21 bits per heavy atom. The number of hydrogen-bond donors (Lipinski definition) is 0. The summed E-state index contributed by atoms with van der Waals surface area (Å²) < 4.78 is 10.9. The van der Waals surface area contributed by atoms with Crippen LogP contribution in [0.3, 0.4) is 0 Å². The summed E-state index contributed by atoms with van der Waals surface area (Å²) >= 11 is 1.45. The van der Waals surface area contributed by atoms with Gasteiger partial charge in [-0.2, -0.15) is 0 Å². The van der Waals surface area contributed by atoms with Crippen molar-refractivity contribution in [2.45, 2.75) is 45.6 Å². The maximum Gasteiger partial charge on any atom is 0.357 e. The van der Waals surface area contributed by atoms with Crippen molar-refractivity contribution in [2.75, 3.05) is 13.2 Å². The van der Waals surface area contributed by atoms with E-state index >= 15 is 0 Å². The minimum Gasteiger partial charge on any atom is -0.458 e. The molecule has 1 fully saturated rings. The van der Waals surface area contributed by atoms with Gasteiger partial charge in [0.2, 0.25) is 0 Å². The molecule has 1 saturated carbocycles. The van der Waals surface area contributed by atoms with E-state index in [1.165, 1.54) is 30.6 Å². The van der Waals surface area contributed by atoms with Gasteiger partial charge in [0.25, 0.3) is 0 Å². The molecule has 2 atom stereocenters. The minimum atomic E-state index is -0.357. The number of nitrogens with zero attached hydrogens (tertiary/aromatic N) is 1. The van der Waals surface area contributed by atoms with Gasteiger partial charge >= 0.3 is 5.97 Å². The summed E-state index contributed by atoms with van der Waals surface area (Å²) in [5, 5.41) is 2.60. The highest BCUT2D eigenvalue weighted by Crippen LogP contribution is 2.26. The lowest BCUT2D eigenvalue weighted by molar-refractivity contribution is -0.0272. The number of aryl methyl sites for hydroxylation is 1. The summed E-state index contributed by atoms with van der Waals surface area (Å²) in [7, 11) is 0. The van der Waals surface area contributed by atoms with Crippen molar-refractivity contribution in [2.24, 2.45) is 5.92 Å². The standard InChI is InChI=1S/C14H21NO3S/c1-10-5-3-4-6-13(10)17-7-8-18-14(16)12-9-19-11(2)15-12/h9-10,13H,3-8H2,1-2H3/t10-,13+/m1/s1. The lowest BCUT2D eigenvalue weighted by Crippen LogP contribution is -2.27. The van der Waals surface area contributed by atoms with E-state index in [2.05, 4.69) is 11.9 Å². The zero-order valence-corrected chi connectivity index (χ0v) is 12.4. The van der Waals surface area contributed by atoms with Gasteiger partial charge < -0.3 is 9.47 Å². The molecule has 1 aromatic heterocycles. The highest BCUT2D eigenvalue weighted by atomic mass is 32.1. The van der Waals surface area contributed by atoms with Crippen LogP contribution < -0.4 is 0 Å². The number of thiazole rings is 1. The third kappa shape index (κ3) is 4.28. The quantitative estimate of drug-likeness (QED) is 0.615. The Morgan fingerprint density at radius 1 is 1.42 bits per heavy atom. The van der Waals surface area contributed by atoms with Crippen LogP contribution in [0.15, 0.2) is 5.38 Å². The molecule has 0 amide bonds. The van der Waals surface area contributed by atoms with Crippen LogP contribution in [0.2, 0.25) is 0 Å². The molecular formula is C14H21NO3S. The number of ether oxygens (including phenoxy) is 2. The second-order valence-electron chi connectivity index (χ2n) is 5.06. The summed E-state index contributed by atoms with van der Waals surface area (Å²) in [5.74, 6) is 0.260. The largest absolute Gasteiger partial charge is 0.458 e. The molecule has 0 N–H and O–H groups in total. The predicted octanol–water partition coefficient (Wildman–Crippen LogP) is 3.20. The molecular weight excluding hydrogens is 262 g/mol. The predicted molar refractivity (Wildman–Crippen MR) is 74.5 cm³/mol. The lowest BCUT2D eigenvalue weighted by Gasteiger charge is -2.28. The Hall–Kier alpha value is -0.940. The minimum absolute atomic E-state index is 0.304. The maximum absolute atomic E-state index is 11.6. The highest BCUT2D eigenvalue weighted by Gasteiger charge is 2.21. The normalized spacial score (nSPS) is 23.3. The lowest BCUT2D eigenvalue weighted by atomic mass is 9.88. The smallest absolute Gasteiger partial charge is 0.357 e. The molecule has 1 aliphatic carbocycles. The topological polar surface area (TPSA) is 48.4 Å². The highest BCUT2D eigenvalue weighted by molar-refractivity contribution is 7.09. The number of aromatic nitrogens is 1. The van der Waals surface area contributed by atoms with Crippen LogP contribution in [0.25, 0.3) is 0 Å². The fraction of sp³-hybridized carbons (Fsp3) is 0.714. The molecule has 19 heavy (non-hydrogen) atoms. The molecule has 106 valence electrons. The molecule has 0 aromatic carbocycles. The molecule has 0 unspecified atom stereocenters. The van der Waals surface area contributed by atoms with Gasteiger partial charge in [-0.15, -0.1) is 11.3 Å². The van der Waals surface area contributed by atoms with E-state index in [4.69, 9.17) is 9.47 Å². The molecule has 2 rings (SSSR count). The van der Waals surface area contributed by atoms with Crippen LogP contribution in [-0.4, -0.2) is 30.3 Å². The van der Waals surface area contributed by atoms with Crippen molar-refractivity contribution < 1.29 is 14.3 Å². The Morgan fingerprint density at radius 3 is 2.89 bits per heavy atom. The molecule has 4 nitrogen and oxygen atoms in total. The third-order valence-electron chi connectivity index (χ3n) is 3.51. The van der Waals surface area contributed by atoms with Crippen molar-refractivity contribution in [3.8, 4) is 0 Å². The fourth-order valence-corrected chi connectivity index (χ4v) is 2.98. The second-order valence-corrected chi connectivity index (χ2v) is 6.12. The Kier molecular flexibility index (Phi) is 5.34. The van der Waals surface area contributed by atoms with Crippen molar-refractivity contribution in [3.63, 3.8) is 0 Å². The first-order valence-electron chi connectivity index (χ1n) is 6.87. The number of rotatable bonds is 5. The monoisotopic (exact) mass is 283 g/mol. The molecule has 1 aliphatic rings. The summed E-state index contributed by atoms with van der Waals surface area (Å²) in [6.07, 6.45) is 5.24. The van der Waals surface area contributed by atoms with Crippen LogP contribution >= 0.6 is 11.3 Å². The Balaban J connectivity index is 1.65. The van der Waals surface area contributed by atoms with Gasteiger partial charge in [0.1, 0.15) is 6.61 Å². The van der Waals surface area contributed by atoms with Crippen LogP contribution in [-0.2, 0) is 9.47 Å². The van der Waals surface area contributed by atoms with E-state index < -0.39 is 0 Å². The first-order valence-corrected chi connectivity index (χ1v) is 7.75. The van der Waals surface area contributed by atoms with Crippen molar-refractivity contribution in [3.05, 3.63) is 16.1 Å². The summed E-state index contributed by atoms with van der Waals surface area (Å²) in [6.45, 7) is 4.88. The average molecular weight is 283 g/mol. The number of hydrogen-bond acceptors (Lipinski definition) is 5. The van der Waals surface area contributed by atoms with E-state index in [9.17, 15) is 4.79 Å². The Labute approximate surface area is 118 Å². The second kappa shape index (κ2) is 7.01.